The van der Waals surface area contributed by atoms with E-state index in [1.165, 1.54) is 17.9 Å². The number of piperazine rings is 1. The second-order valence-electron chi connectivity index (χ2n) is 7.66. The van der Waals surface area contributed by atoms with Gasteiger partial charge in [0.15, 0.2) is 5.22 Å². The minimum Gasteiger partial charge on any atom is -0.448 e. The summed E-state index contributed by atoms with van der Waals surface area (Å²) in [4.78, 5) is 28.8. The lowest BCUT2D eigenvalue weighted by Crippen LogP contribution is -2.46. The number of benzene rings is 1. The summed E-state index contributed by atoms with van der Waals surface area (Å²) < 4.78 is 25.5. The lowest BCUT2D eigenvalue weighted by atomic mass is 10.2. The second-order valence-corrected chi connectivity index (χ2v) is 8.03. The molecule has 0 aliphatic carbocycles. The summed E-state index contributed by atoms with van der Waals surface area (Å²) in [5.41, 5.74) is 0.941. The van der Waals surface area contributed by atoms with Crippen molar-refractivity contribution >= 4 is 35.0 Å². The molecule has 2 aliphatic rings. The first-order valence-corrected chi connectivity index (χ1v) is 10.5. The molecule has 166 valence electrons. The van der Waals surface area contributed by atoms with Gasteiger partial charge in [0.1, 0.15) is 17.7 Å². The molecular formula is C21H24ClFN4O4. The molecule has 2 saturated heterocycles. The van der Waals surface area contributed by atoms with Crippen molar-refractivity contribution in [1.82, 2.24) is 10.2 Å². The zero-order valence-corrected chi connectivity index (χ0v) is 17.9. The predicted octanol–water partition coefficient (Wildman–Crippen LogP) is 2.86. The van der Waals surface area contributed by atoms with Crippen molar-refractivity contribution in [3.05, 3.63) is 47.1 Å². The maximum Gasteiger partial charge on any atom is 0.414 e. The van der Waals surface area contributed by atoms with Crippen molar-refractivity contribution in [2.75, 3.05) is 49.1 Å². The fraction of sp³-hybridized carbons (Fsp3) is 0.429. The molecule has 1 aromatic carbocycles. The molecule has 2 fully saturated rings. The highest BCUT2D eigenvalue weighted by atomic mass is 35.5. The topological polar surface area (TPSA) is 78.3 Å². The van der Waals surface area contributed by atoms with Crippen LogP contribution in [0.4, 0.5) is 20.6 Å². The molecule has 0 bridgehead atoms. The number of carbonyl (C=O) groups is 2. The Morgan fingerprint density at radius 3 is 2.65 bits per heavy atom. The number of rotatable bonds is 6. The van der Waals surface area contributed by atoms with Gasteiger partial charge in [0.25, 0.3) is 0 Å². The summed E-state index contributed by atoms with van der Waals surface area (Å²) in [7, 11) is 0. The molecule has 1 aromatic heterocycles. The highest BCUT2D eigenvalue weighted by Crippen LogP contribution is 2.28. The number of nitrogens with zero attached hydrogens (tertiary/aromatic N) is 3. The van der Waals surface area contributed by atoms with E-state index < -0.39 is 12.2 Å². The quantitative estimate of drug-likeness (QED) is 0.729. The third kappa shape index (κ3) is 5.11. The number of cyclic esters (lactones) is 1. The van der Waals surface area contributed by atoms with Crippen molar-refractivity contribution in [3.8, 4) is 0 Å². The van der Waals surface area contributed by atoms with Gasteiger partial charge < -0.3 is 19.4 Å². The molecule has 31 heavy (non-hydrogen) atoms. The summed E-state index contributed by atoms with van der Waals surface area (Å²) in [6.07, 6.45) is -1.01. The zero-order chi connectivity index (χ0) is 22.0. The summed E-state index contributed by atoms with van der Waals surface area (Å²) in [5.74, 6) is 0.225. The van der Waals surface area contributed by atoms with Gasteiger partial charge in [0.05, 0.1) is 31.0 Å². The summed E-state index contributed by atoms with van der Waals surface area (Å²) in [6, 6.07) is 8.35. The highest BCUT2D eigenvalue weighted by Gasteiger charge is 2.33. The maximum atomic E-state index is 14.9. The average molecular weight is 451 g/mol. The van der Waals surface area contributed by atoms with E-state index in [9.17, 15) is 14.0 Å². The van der Waals surface area contributed by atoms with E-state index >= 15 is 0 Å². The molecule has 0 radical (unpaired) electrons. The minimum atomic E-state index is -0.547. The minimum absolute atomic E-state index is 0.196. The number of hydrogen-bond donors (Lipinski definition) is 1. The molecule has 4 rings (SSSR count). The average Bonchev–Trinajstić information content (AvgIpc) is 3.32. The van der Waals surface area contributed by atoms with Crippen molar-refractivity contribution < 1.29 is 23.1 Å². The Balaban J connectivity index is 1.35. The highest BCUT2D eigenvalue weighted by molar-refractivity contribution is 6.28. The number of halogens is 2. The molecule has 2 aliphatic heterocycles. The van der Waals surface area contributed by atoms with Gasteiger partial charge in [-0.1, -0.05) is 0 Å². The number of furan rings is 1. The number of hydrogen-bond acceptors (Lipinski definition) is 6. The summed E-state index contributed by atoms with van der Waals surface area (Å²) in [5, 5.41) is 3.00. The largest absolute Gasteiger partial charge is 0.448 e. The number of carbonyl (C=O) groups excluding carboxylic acids is 2. The normalized spacial score (nSPS) is 19.6. The Morgan fingerprint density at radius 2 is 2.00 bits per heavy atom. The fourth-order valence-corrected chi connectivity index (χ4v) is 3.98. The first-order chi connectivity index (χ1) is 14.9. The van der Waals surface area contributed by atoms with Gasteiger partial charge in [0, 0.05) is 33.1 Å². The van der Waals surface area contributed by atoms with Crippen LogP contribution in [-0.2, 0) is 16.1 Å². The van der Waals surface area contributed by atoms with Crippen LogP contribution in [0.1, 0.15) is 12.7 Å². The predicted molar refractivity (Wildman–Crippen MR) is 114 cm³/mol. The van der Waals surface area contributed by atoms with Gasteiger partial charge in [-0.25, -0.2) is 9.18 Å². The van der Waals surface area contributed by atoms with Crippen molar-refractivity contribution in [2.45, 2.75) is 19.6 Å². The van der Waals surface area contributed by atoms with Crippen molar-refractivity contribution in [1.29, 1.82) is 0 Å². The van der Waals surface area contributed by atoms with E-state index in [0.717, 1.165) is 18.8 Å². The lowest BCUT2D eigenvalue weighted by molar-refractivity contribution is -0.119. The molecule has 2 aromatic rings. The van der Waals surface area contributed by atoms with Gasteiger partial charge in [-0.2, -0.15) is 0 Å². The van der Waals surface area contributed by atoms with Crippen LogP contribution >= 0.6 is 11.6 Å². The van der Waals surface area contributed by atoms with E-state index in [2.05, 4.69) is 10.2 Å². The third-order valence-electron chi connectivity index (χ3n) is 5.42. The SMILES string of the molecule is CC(=O)NCC1CN(c2ccc(N3CCN(Cc4ccc(Cl)o4)CC3)c(F)c2)C(=O)O1. The van der Waals surface area contributed by atoms with Crippen LogP contribution in [0, 0.1) is 5.82 Å². The van der Waals surface area contributed by atoms with Crippen LogP contribution < -0.4 is 15.1 Å². The Kier molecular flexibility index (Phi) is 6.33. The van der Waals surface area contributed by atoms with Gasteiger partial charge >= 0.3 is 6.09 Å². The van der Waals surface area contributed by atoms with Gasteiger partial charge in [-0.3, -0.25) is 14.6 Å². The molecule has 1 unspecified atom stereocenters. The maximum absolute atomic E-state index is 14.9. The Morgan fingerprint density at radius 1 is 1.23 bits per heavy atom. The molecule has 2 amide bonds. The van der Waals surface area contributed by atoms with Gasteiger partial charge in [-0.05, 0) is 41.9 Å². The summed E-state index contributed by atoms with van der Waals surface area (Å²) >= 11 is 5.82. The number of ether oxygens (including phenoxy) is 1. The molecule has 0 spiro atoms. The monoisotopic (exact) mass is 450 g/mol. The van der Waals surface area contributed by atoms with Crippen molar-refractivity contribution in [2.24, 2.45) is 0 Å². The third-order valence-corrected chi connectivity index (χ3v) is 5.62. The van der Waals surface area contributed by atoms with Crippen LogP contribution in [0.2, 0.25) is 5.22 Å². The molecule has 10 heteroatoms. The standard InChI is InChI=1S/C21H24ClFN4O4/c1-14(28)24-11-17-13-27(21(29)31-17)15-2-4-19(18(23)10-15)26-8-6-25(7-9-26)12-16-3-5-20(22)30-16/h2-5,10,17H,6-9,11-13H2,1H3,(H,24,28). The van der Waals surface area contributed by atoms with E-state index in [4.69, 9.17) is 20.8 Å². The first-order valence-electron chi connectivity index (χ1n) is 10.1. The molecule has 0 saturated carbocycles. The van der Waals surface area contributed by atoms with E-state index in [-0.39, 0.29) is 24.8 Å². The fourth-order valence-electron chi connectivity index (χ4n) is 3.82. The smallest absolute Gasteiger partial charge is 0.414 e. The molecule has 1 atom stereocenters. The zero-order valence-electron chi connectivity index (χ0n) is 17.1. The van der Waals surface area contributed by atoms with Gasteiger partial charge in [-0.15, -0.1) is 0 Å². The Bertz CT molecular complexity index is 961. The van der Waals surface area contributed by atoms with Crippen LogP contribution in [-0.4, -0.2) is 62.3 Å². The molecule has 8 nitrogen and oxygen atoms in total. The molecule has 3 heterocycles. The Hall–Kier alpha value is -2.78. The van der Waals surface area contributed by atoms with E-state index in [0.29, 0.717) is 36.2 Å². The number of amides is 2. The molecule has 1 N–H and O–H groups in total. The number of anilines is 2. The number of nitrogens with one attached hydrogen (secondary N) is 1. The van der Waals surface area contributed by atoms with Crippen LogP contribution in [0.5, 0.6) is 0 Å². The second kappa shape index (κ2) is 9.15. The lowest BCUT2D eigenvalue weighted by Gasteiger charge is -2.36. The molecular weight excluding hydrogens is 427 g/mol. The van der Waals surface area contributed by atoms with E-state index in [1.807, 2.05) is 11.0 Å². The van der Waals surface area contributed by atoms with Crippen LogP contribution in [0.3, 0.4) is 0 Å². The van der Waals surface area contributed by atoms with E-state index in [1.54, 1.807) is 18.2 Å². The summed E-state index contributed by atoms with van der Waals surface area (Å²) in [6.45, 7) is 5.43. The van der Waals surface area contributed by atoms with Gasteiger partial charge in [0.2, 0.25) is 5.91 Å². The first kappa shape index (κ1) is 21.5. The van der Waals surface area contributed by atoms with Crippen LogP contribution in [0.15, 0.2) is 34.7 Å². The van der Waals surface area contributed by atoms with Crippen molar-refractivity contribution in [3.63, 3.8) is 0 Å². The Labute approximate surface area is 184 Å². The van der Waals surface area contributed by atoms with Crippen LogP contribution in [0.25, 0.3) is 0 Å².